The summed E-state index contributed by atoms with van der Waals surface area (Å²) in [6, 6.07) is 10.4. The van der Waals surface area contributed by atoms with Crippen molar-refractivity contribution in [2.24, 2.45) is 0 Å². The molecule has 0 heterocycles. The van der Waals surface area contributed by atoms with Crippen LogP contribution in [0.3, 0.4) is 0 Å². The molecule has 0 aliphatic carbocycles. The van der Waals surface area contributed by atoms with Gasteiger partial charge in [0.1, 0.15) is 12.4 Å². The van der Waals surface area contributed by atoms with Crippen LogP contribution in [0, 0.1) is 5.82 Å². The van der Waals surface area contributed by atoms with Crippen LogP contribution in [0.1, 0.15) is 11.1 Å². The van der Waals surface area contributed by atoms with E-state index in [2.05, 4.69) is 15.9 Å². The number of ether oxygens (including phenoxy) is 2. The first kappa shape index (κ1) is 15.1. The lowest BCUT2D eigenvalue weighted by atomic mass is 10.2. The predicted molar refractivity (Wildman–Crippen MR) is 81.0 cm³/mol. The molecule has 0 spiro atoms. The van der Waals surface area contributed by atoms with E-state index in [1.54, 1.807) is 12.1 Å². The summed E-state index contributed by atoms with van der Waals surface area (Å²) in [6.45, 7) is 0.278. The molecular weight excluding hydrogens is 347 g/mol. The van der Waals surface area contributed by atoms with Crippen LogP contribution in [0.15, 0.2) is 40.9 Å². The highest BCUT2D eigenvalue weighted by atomic mass is 79.9. The van der Waals surface area contributed by atoms with Gasteiger partial charge in [-0.25, -0.2) is 4.39 Å². The maximum atomic E-state index is 13.5. The summed E-state index contributed by atoms with van der Waals surface area (Å²) in [4.78, 5) is 0. The molecule has 0 aliphatic rings. The van der Waals surface area contributed by atoms with Crippen molar-refractivity contribution in [1.29, 1.82) is 0 Å². The van der Waals surface area contributed by atoms with E-state index in [1.807, 2.05) is 18.2 Å². The number of hydrogen-bond donors (Lipinski definition) is 0. The molecular formula is C15H13BrClFO2. The van der Waals surface area contributed by atoms with Gasteiger partial charge in [-0.15, -0.1) is 11.6 Å². The van der Waals surface area contributed by atoms with Gasteiger partial charge in [-0.2, -0.15) is 0 Å². The number of alkyl halides is 1. The largest absolute Gasteiger partial charge is 0.494 e. The fraction of sp³-hybridized carbons (Fsp3) is 0.200. The van der Waals surface area contributed by atoms with E-state index in [9.17, 15) is 4.39 Å². The highest BCUT2D eigenvalue weighted by Gasteiger charge is 2.06. The Morgan fingerprint density at radius 1 is 1.10 bits per heavy atom. The molecule has 2 rings (SSSR count). The Kier molecular flexibility index (Phi) is 5.26. The lowest BCUT2D eigenvalue weighted by Gasteiger charge is -2.10. The Bertz CT molecular complexity index is 604. The van der Waals surface area contributed by atoms with Crippen LogP contribution in [0.4, 0.5) is 4.39 Å². The van der Waals surface area contributed by atoms with Gasteiger partial charge in [-0.05, 0) is 51.3 Å². The second-order valence-corrected chi connectivity index (χ2v) is 5.28. The van der Waals surface area contributed by atoms with Gasteiger partial charge in [0.05, 0.1) is 11.6 Å². The van der Waals surface area contributed by atoms with Crippen molar-refractivity contribution in [3.8, 4) is 11.5 Å². The minimum Gasteiger partial charge on any atom is -0.494 e. The minimum absolute atomic E-state index is 0.224. The summed E-state index contributed by atoms with van der Waals surface area (Å²) in [5.74, 6) is 0.962. The summed E-state index contributed by atoms with van der Waals surface area (Å²) in [5.41, 5.74) is 1.73. The summed E-state index contributed by atoms with van der Waals surface area (Å²) in [5, 5.41) is 0. The minimum atomic E-state index is -0.398. The molecule has 20 heavy (non-hydrogen) atoms. The molecule has 2 aromatic carbocycles. The Balaban J connectivity index is 2.07. The van der Waals surface area contributed by atoms with Gasteiger partial charge >= 0.3 is 0 Å². The molecule has 0 bridgehead atoms. The van der Waals surface area contributed by atoms with Crippen LogP contribution in [0.2, 0.25) is 0 Å². The van der Waals surface area contributed by atoms with Gasteiger partial charge < -0.3 is 9.47 Å². The molecule has 0 saturated heterocycles. The molecule has 0 amide bonds. The smallest absolute Gasteiger partial charge is 0.165 e. The van der Waals surface area contributed by atoms with E-state index in [-0.39, 0.29) is 12.4 Å². The second-order valence-electron chi connectivity index (χ2n) is 4.16. The normalized spacial score (nSPS) is 10.4. The first-order valence-electron chi connectivity index (χ1n) is 5.93. The van der Waals surface area contributed by atoms with Crippen molar-refractivity contribution in [3.63, 3.8) is 0 Å². The molecule has 0 atom stereocenters. The number of benzene rings is 2. The first-order valence-corrected chi connectivity index (χ1v) is 7.26. The maximum absolute atomic E-state index is 13.5. The zero-order chi connectivity index (χ0) is 14.5. The summed E-state index contributed by atoms with van der Waals surface area (Å²) < 4.78 is 24.9. The van der Waals surface area contributed by atoms with Gasteiger partial charge in [-0.3, -0.25) is 0 Å². The van der Waals surface area contributed by atoms with Crippen LogP contribution in [-0.4, -0.2) is 7.11 Å². The highest BCUT2D eigenvalue weighted by Crippen LogP contribution is 2.28. The molecule has 0 radical (unpaired) electrons. The van der Waals surface area contributed by atoms with E-state index >= 15 is 0 Å². The van der Waals surface area contributed by atoms with Gasteiger partial charge in [0.15, 0.2) is 11.6 Å². The number of methoxy groups -OCH3 is 1. The summed E-state index contributed by atoms with van der Waals surface area (Å²) >= 11 is 9.18. The Labute approximate surface area is 130 Å². The topological polar surface area (TPSA) is 18.5 Å². The van der Waals surface area contributed by atoms with Crippen molar-refractivity contribution in [2.45, 2.75) is 12.5 Å². The van der Waals surface area contributed by atoms with E-state index in [0.29, 0.717) is 11.6 Å². The monoisotopic (exact) mass is 358 g/mol. The molecule has 0 N–H and O–H groups in total. The van der Waals surface area contributed by atoms with Gasteiger partial charge in [0.25, 0.3) is 0 Å². The lowest BCUT2D eigenvalue weighted by molar-refractivity contribution is 0.302. The molecule has 2 nitrogen and oxygen atoms in total. The molecule has 0 saturated carbocycles. The molecule has 2 aromatic rings. The Morgan fingerprint density at radius 3 is 2.40 bits per heavy atom. The average Bonchev–Trinajstić information content (AvgIpc) is 2.46. The third kappa shape index (κ3) is 3.64. The highest BCUT2D eigenvalue weighted by molar-refractivity contribution is 9.10. The summed E-state index contributed by atoms with van der Waals surface area (Å²) in [6.07, 6.45) is 0. The van der Waals surface area contributed by atoms with Crippen LogP contribution >= 0.6 is 27.5 Å². The summed E-state index contributed by atoms with van der Waals surface area (Å²) in [7, 11) is 1.43. The average molecular weight is 360 g/mol. The van der Waals surface area contributed by atoms with Gasteiger partial charge in [-0.1, -0.05) is 12.1 Å². The van der Waals surface area contributed by atoms with Crippen molar-refractivity contribution in [2.75, 3.05) is 7.11 Å². The zero-order valence-electron chi connectivity index (χ0n) is 10.8. The molecule has 106 valence electrons. The molecule has 0 unspecified atom stereocenters. The molecule has 0 aromatic heterocycles. The molecule has 5 heteroatoms. The number of hydrogen-bond acceptors (Lipinski definition) is 2. The third-order valence-corrected chi connectivity index (χ3v) is 3.69. The predicted octanol–water partition coefficient (Wildman–Crippen LogP) is 4.91. The SMILES string of the molecule is COc1ccc(COc2ccc(CCl)cc2Br)cc1F. The van der Waals surface area contributed by atoms with Gasteiger partial charge in [0.2, 0.25) is 0 Å². The van der Waals surface area contributed by atoms with Crippen molar-refractivity contribution in [3.05, 3.63) is 57.8 Å². The van der Waals surface area contributed by atoms with E-state index < -0.39 is 5.82 Å². The first-order chi connectivity index (χ1) is 9.63. The number of rotatable bonds is 5. The fourth-order valence-corrected chi connectivity index (χ4v) is 2.41. The van der Waals surface area contributed by atoms with Crippen LogP contribution in [0.5, 0.6) is 11.5 Å². The van der Waals surface area contributed by atoms with E-state index in [4.69, 9.17) is 21.1 Å². The molecule has 0 fully saturated rings. The fourth-order valence-electron chi connectivity index (χ4n) is 1.71. The molecule has 0 aliphatic heterocycles. The Hall–Kier alpha value is -1.26. The Morgan fingerprint density at radius 2 is 1.80 bits per heavy atom. The van der Waals surface area contributed by atoms with Crippen molar-refractivity contribution < 1.29 is 13.9 Å². The second kappa shape index (κ2) is 6.95. The van der Waals surface area contributed by atoms with E-state index in [1.165, 1.54) is 13.2 Å². The van der Waals surface area contributed by atoms with Crippen molar-refractivity contribution >= 4 is 27.5 Å². The zero-order valence-corrected chi connectivity index (χ0v) is 13.2. The van der Waals surface area contributed by atoms with Gasteiger partial charge in [0, 0.05) is 5.88 Å². The third-order valence-electron chi connectivity index (χ3n) is 2.76. The lowest BCUT2D eigenvalue weighted by Crippen LogP contribution is -1.98. The van der Waals surface area contributed by atoms with Crippen LogP contribution in [-0.2, 0) is 12.5 Å². The van der Waals surface area contributed by atoms with Crippen molar-refractivity contribution in [1.82, 2.24) is 0 Å². The quantitative estimate of drug-likeness (QED) is 0.706. The maximum Gasteiger partial charge on any atom is 0.165 e. The standard InChI is InChI=1S/C15H13BrClFO2/c1-19-15-5-3-11(7-13(15)18)9-20-14-4-2-10(8-17)6-12(14)16/h2-7H,8-9H2,1H3. The van der Waals surface area contributed by atoms with Crippen LogP contribution < -0.4 is 9.47 Å². The van der Waals surface area contributed by atoms with Crippen LogP contribution in [0.25, 0.3) is 0 Å². The number of halogens is 3. The van der Waals surface area contributed by atoms with E-state index in [0.717, 1.165) is 15.6 Å².